The molecule has 0 spiro atoms. The summed E-state index contributed by atoms with van der Waals surface area (Å²) in [7, 11) is 0. The Bertz CT molecular complexity index is 638. The molecule has 0 saturated heterocycles. The Morgan fingerprint density at radius 1 is 1.21 bits per heavy atom. The van der Waals surface area contributed by atoms with Crippen molar-refractivity contribution in [3.63, 3.8) is 0 Å². The lowest BCUT2D eigenvalue weighted by molar-refractivity contribution is 0.101. The first-order chi connectivity index (χ1) is 8.99. The SMILES string of the molecule is CC(=O)c1c(F)cccc1Oc1ccc(C)cc1Cl. The molecule has 2 aromatic carbocycles. The summed E-state index contributed by atoms with van der Waals surface area (Å²) in [6.07, 6.45) is 0. The molecule has 2 aromatic rings. The van der Waals surface area contributed by atoms with E-state index in [1.54, 1.807) is 12.1 Å². The molecular weight excluding hydrogens is 267 g/mol. The van der Waals surface area contributed by atoms with Crippen molar-refractivity contribution in [2.45, 2.75) is 13.8 Å². The van der Waals surface area contributed by atoms with Gasteiger partial charge in [-0.2, -0.15) is 0 Å². The Balaban J connectivity index is 2.44. The van der Waals surface area contributed by atoms with Gasteiger partial charge in [-0.1, -0.05) is 23.7 Å². The predicted octanol–water partition coefficient (Wildman–Crippen LogP) is 4.78. The first kappa shape index (κ1) is 13.6. The molecule has 0 unspecified atom stereocenters. The second-order valence-corrected chi connectivity index (χ2v) is 4.61. The van der Waals surface area contributed by atoms with Crippen LogP contribution in [0.2, 0.25) is 5.02 Å². The van der Waals surface area contributed by atoms with Crippen molar-refractivity contribution in [1.29, 1.82) is 0 Å². The molecule has 0 N–H and O–H groups in total. The van der Waals surface area contributed by atoms with Crippen molar-refractivity contribution < 1.29 is 13.9 Å². The second-order valence-electron chi connectivity index (χ2n) is 4.21. The molecule has 98 valence electrons. The van der Waals surface area contributed by atoms with Crippen LogP contribution in [0.4, 0.5) is 4.39 Å². The summed E-state index contributed by atoms with van der Waals surface area (Å²) in [4.78, 5) is 11.5. The highest BCUT2D eigenvalue weighted by Crippen LogP contribution is 2.32. The van der Waals surface area contributed by atoms with E-state index in [0.717, 1.165) is 5.56 Å². The van der Waals surface area contributed by atoms with Crippen LogP contribution in [-0.2, 0) is 0 Å². The van der Waals surface area contributed by atoms with Gasteiger partial charge in [0.15, 0.2) is 5.78 Å². The van der Waals surface area contributed by atoms with Crippen molar-refractivity contribution in [2.75, 3.05) is 0 Å². The number of ketones is 1. The van der Waals surface area contributed by atoms with E-state index >= 15 is 0 Å². The van der Waals surface area contributed by atoms with Gasteiger partial charge in [0.2, 0.25) is 0 Å². The summed E-state index contributed by atoms with van der Waals surface area (Å²) in [5.41, 5.74) is 0.919. The van der Waals surface area contributed by atoms with Crippen molar-refractivity contribution in [3.8, 4) is 11.5 Å². The lowest BCUT2D eigenvalue weighted by atomic mass is 10.1. The van der Waals surface area contributed by atoms with E-state index in [2.05, 4.69) is 0 Å². The molecule has 0 fully saturated rings. The first-order valence-electron chi connectivity index (χ1n) is 5.72. The number of carbonyl (C=O) groups excluding carboxylic acids is 1. The third-order valence-electron chi connectivity index (χ3n) is 2.63. The molecule has 0 aliphatic rings. The molecule has 4 heteroatoms. The van der Waals surface area contributed by atoms with Crippen LogP contribution < -0.4 is 4.74 Å². The molecule has 0 bridgehead atoms. The Kier molecular flexibility index (Phi) is 3.86. The number of aryl methyl sites for hydroxylation is 1. The van der Waals surface area contributed by atoms with Gasteiger partial charge < -0.3 is 4.74 Å². The fraction of sp³-hybridized carbons (Fsp3) is 0.133. The Morgan fingerprint density at radius 2 is 1.95 bits per heavy atom. The minimum atomic E-state index is -0.603. The fourth-order valence-corrected chi connectivity index (χ4v) is 2.01. The van der Waals surface area contributed by atoms with E-state index in [9.17, 15) is 9.18 Å². The van der Waals surface area contributed by atoms with Gasteiger partial charge in [-0.05, 0) is 43.7 Å². The average Bonchev–Trinajstić information content (AvgIpc) is 2.32. The van der Waals surface area contributed by atoms with Crippen LogP contribution in [0.1, 0.15) is 22.8 Å². The van der Waals surface area contributed by atoms with Crippen molar-refractivity contribution in [2.24, 2.45) is 0 Å². The Morgan fingerprint density at radius 3 is 2.58 bits per heavy atom. The van der Waals surface area contributed by atoms with Crippen molar-refractivity contribution in [3.05, 3.63) is 58.4 Å². The van der Waals surface area contributed by atoms with Gasteiger partial charge in [0.1, 0.15) is 17.3 Å². The van der Waals surface area contributed by atoms with E-state index < -0.39 is 11.6 Å². The van der Waals surface area contributed by atoms with Crippen LogP contribution in [0.3, 0.4) is 0 Å². The molecule has 0 aliphatic heterocycles. The van der Waals surface area contributed by atoms with Gasteiger partial charge in [0.05, 0.1) is 10.6 Å². The van der Waals surface area contributed by atoms with Crippen LogP contribution in [0, 0.1) is 12.7 Å². The summed E-state index contributed by atoms with van der Waals surface area (Å²) >= 11 is 6.05. The highest BCUT2D eigenvalue weighted by molar-refractivity contribution is 6.32. The van der Waals surface area contributed by atoms with Crippen molar-refractivity contribution >= 4 is 17.4 Å². The smallest absolute Gasteiger partial charge is 0.166 e. The number of hydrogen-bond acceptors (Lipinski definition) is 2. The maximum atomic E-state index is 13.6. The number of hydrogen-bond donors (Lipinski definition) is 0. The van der Waals surface area contributed by atoms with E-state index in [4.69, 9.17) is 16.3 Å². The topological polar surface area (TPSA) is 26.3 Å². The molecule has 19 heavy (non-hydrogen) atoms. The molecule has 2 rings (SSSR count). The molecule has 0 radical (unpaired) electrons. The normalized spacial score (nSPS) is 10.3. The minimum Gasteiger partial charge on any atom is -0.455 e. The van der Waals surface area contributed by atoms with E-state index in [0.29, 0.717) is 10.8 Å². The molecule has 0 heterocycles. The number of ether oxygens (including phenoxy) is 1. The lowest BCUT2D eigenvalue weighted by Crippen LogP contribution is -2.01. The van der Waals surface area contributed by atoms with Crippen LogP contribution >= 0.6 is 11.6 Å². The molecule has 0 aliphatic carbocycles. The largest absolute Gasteiger partial charge is 0.455 e. The molecule has 0 amide bonds. The fourth-order valence-electron chi connectivity index (χ4n) is 1.74. The number of rotatable bonds is 3. The van der Waals surface area contributed by atoms with Crippen molar-refractivity contribution in [1.82, 2.24) is 0 Å². The average molecular weight is 279 g/mol. The maximum absolute atomic E-state index is 13.6. The third kappa shape index (κ3) is 2.93. The Labute approximate surface area is 115 Å². The number of Topliss-reactive ketones (excluding diaryl/α,β-unsaturated/α-hetero) is 1. The zero-order valence-electron chi connectivity index (χ0n) is 10.5. The van der Waals surface area contributed by atoms with Gasteiger partial charge >= 0.3 is 0 Å². The van der Waals surface area contributed by atoms with Gasteiger partial charge in [-0.25, -0.2) is 4.39 Å². The van der Waals surface area contributed by atoms with Crippen LogP contribution in [0.15, 0.2) is 36.4 Å². The predicted molar refractivity (Wildman–Crippen MR) is 72.7 cm³/mol. The maximum Gasteiger partial charge on any atom is 0.166 e. The highest BCUT2D eigenvalue weighted by atomic mass is 35.5. The summed E-state index contributed by atoms with van der Waals surface area (Å²) in [5.74, 6) is -0.441. The lowest BCUT2D eigenvalue weighted by Gasteiger charge is -2.11. The van der Waals surface area contributed by atoms with E-state index in [1.807, 2.05) is 13.0 Å². The zero-order chi connectivity index (χ0) is 14.0. The summed E-state index contributed by atoms with van der Waals surface area (Å²) < 4.78 is 19.2. The standard InChI is InChI=1S/C15H12ClFO2/c1-9-6-7-13(11(16)8-9)19-14-5-3-4-12(17)15(14)10(2)18/h3-8H,1-2H3. The highest BCUT2D eigenvalue weighted by Gasteiger charge is 2.15. The van der Waals surface area contributed by atoms with Crippen LogP contribution in [-0.4, -0.2) is 5.78 Å². The molecule has 0 aromatic heterocycles. The van der Waals surface area contributed by atoms with Gasteiger partial charge in [0.25, 0.3) is 0 Å². The molecular formula is C15H12ClFO2. The minimum absolute atomic E-state index is 0.0702. The quantitative estimate of drug-likeness (QED) is 0.755. The molecule has 0 saturated carbocycles. The number of halogens is 2. The summed E-state index contributed by atoms with van der Waals surface area (Å²) in [6.45, 7) is 3.20. The van der Waals surface area contributed by atoms with E-state index in [-0.39, 0.29) is 11.3 Å². The van der Waals surface area contributed by atoms with Crippen LogP contribution in [0.5, 0.6) is 11.5 Å². The summed E-state index contributed by atoms with van der Waals surface area (Å²) in [6, 6.07) is 9.50. The monoisotopic (exact) mass is 278 g/mol. The first-order valence-corrected chi connectivity index (χ1v) is 6.10. The molecule has 0 atom stereocenters. The number of carbonyl (C=O) groups is 1. The van der Waals surface area contributed by atoms with Gasteiger partial charge in [-0.3, -0.25) is 4.79 Å². The Hall–Kier alpha value is -1.87. The van der Waals surface area contributed by atoms with Gasteiger partial charge in [0, 0.05) is 0 Å². The third-order valence-corrected chi connectivity index (χ3v) is 2.93. The second kappa shape index (κ2) is 5.41. The van der Waals surface area contributed by atoms with E-state index in [1.165, 1.54) is 25.1 Å². The van der Waals surface area contributed by atoms with Gasteiger partial charge in [-0.15, -0.1) is 0 Å². The van der Waals surface area contributed by atoms with Crippen LogP contribution in [0.25, 0.3) is 0 Å². The zero-order valence-corrected chi connectivity index (χ0v) is 11.3. The molecule has 2 nitrogen and oxygen atoms in total. The number of benzene rings is 2. The summed E-state index contributed by atoms with van der Waals surface area (Å²) in [5, 5.41) is 0.416.